The third-order valence-corrected chi connectivity index (χ3v) is 3.17. The van der Waals surface area contributed by atoms with Crippen LogP contribution in [-0.4, -0.2) is 42.2 Å². The summed E-state index contributed by atoms with van der Waals surface area (Å²) in [6.07, 6.45) is 1.70. The fraction of sp³-hybridized carbons (Fsp3) is 0.357. The number of likely N-dealkylation sites (N-methyl/N-ethyl adjacent to an activating group) is 1. The van der Waals surface area contributed by atoms with Gasteiger partial charge in [0.05, 0.1) is 17.8 Å². The second-order valence-corrected chi connectivity index (χ2v) is 5.14. The van der Waals surface area contributed by atoms with Crippen LogP contribution in [0.4, 0.5) is 5.69 Å². The van der Waals surface area contributed by atoms with Crippen LogP contribution in [0, 0.1) is 0 Å². The number of aliphatic hydroxyl groups is 1. The van der Waals surface area contributed by atoms with E-state index in [0.29, 0.717) is 5.02 Å². The number of nitrogens with zero attached hydrogens (tertiary/aromatic N) is 2. The van der Waals surface area contributed by atoms with E-state index in [0.717, 1.165) is 35.2 Å². The summed E-state index contributed by atoms with van der Waals surface area (Å²) in [6, 6.07) is 5.58. The maximum Gasteiger partial charge on any atom is 0.0724 e. The maximum atomic E-state index is 9.43. The average Bonchev–Trinajstić information content (AvgIpc) is 2.38. The molecular formula is C14H18ClN3O. The molecule has 4 nitrogen and oxygen atoms in total. The van der Waals surface area contributed by atoms with E-state index in [1.165, 1.54) is 0 Å². The highest BCUT2D eigenvalue weighted by molar-refractivity contribution is 6.31. The van der Waals surface area contributed by atoms with E-state index >= 15 is 0 Å². The molecule has 0 saturated carbocycles. The summed E-state index contributed by atoms with van der Waals surface area (Å²) < 4.78 is 0. The van der Waals surface area contributed by atoms with Gasteiger partial charge in [-0.25, -0.2) is 0 Å². The molecule has 0 aliphatic rings. The molecule has 2 aromatic rings. The first kappa shape index (κ1) is 14.1. The Morgan fingerprint density at radius 2 is 2.16 bits per heavy atom. The monoisotopic (exact) mass is 279 g/mol. The minimum Gasteiger partial charge on any atom is -0.392 e. The fourth-order valence-corrected chi connectivity index (χ4v) is 2.11. The van der Waals surface area contributed by atoms with E-state index in [1.54, 1.807) is 6.20 Å². The molecule has 1 heterocycles. The second kappa shape index (κ2) is 6.19. The molecule has 0 bridgehead atoms. The van der Waals surface area contributed by atoms with Gasteiger partial charge in [0.25, 0.3) is 0 Å². The molecule has 0 aliphatic carbocycles. The predicted molar refractivity (Wildman–Crippen MR) is 79.7 cm³/mol. The molecule has 1 aromatic carbocycles. The summed E-state index contributed by atoms with van der Waals surface area (Å²) in [7, 11) is 4.05. The van der Waals surface area contributed by atoms with Gasteiger partial charge in [-0.1, -0.05) is 11.6 Å². The van der Waals surface area contributed by atoms with Crippen LogP contribution in [0.3, 0.4) is 0 Å². The van der Waals surface area contributed by atoms with Gasteiger partial charge >= 0.3 is 0 Å². The molecule has 0 spiro atoms. The van der Waals surface area contributed by atoms with Crippen LogP contribution in [0.2, 0.25) is 5.02 Å². The van der Waals surface area contributed by atoms with Crippen molar-refractivity contribution in [2.75, 3.05) is 32.5 Å². The number of rotatable bonds is 5. The van der Waals surface area contributed by atoms with Gasteiger partial charge in [-0.15, -0.1) is 0 Å². The van der Waals surface area contributed by atoms with Gasteiger partial charge in [-0.2, -0.15) is 0 Å². The molecule has 2 N–H and O–H groups in total. The number of anilines is 1. The summed E-state index contributed by atoms with van der Waals surface area (Å²) >= 11 is 6.04. The van der Waals surface area contributed by atoms with E-state index in [9.17, 15) is 5.11 Å². The Morgan fingerprint density at radius 3 is 2.84 bits per heavy atom. The first-order valence-corrected chi connectivity index (χ1v) is 6.56. The number of aliphatic hydroxyl groups excluding tert-OH is 1. The highest BCUT2D eigenvalue weighted by atomic mass is 35.5. The summed E-state index contributed by atoms with van der Waals surface area (Å²) in [6.45, 7) is 1.67. The topological polar surface area (TPSA) is 48.4 Å². The molecule has 0 atom stereocenters. The van der Waals surface area contributed by atoms with E-state index in [1.807, 2.05) is 32.3 Å². The number of halogens is 1. The Hall–Kier alpha value is -1.36. The van der Waals surface area contributed by atoms with E-state index in [4.69, 9.17) is 11.6 Å². The van der Waals surface area contributed by atoms with Crippen molar-refractivity contribution < 1.29 is 5.11 Å². The number of hydrogen-bond donors (Lipinski definition) is 2. The van der Waals surface area contributed by atoms with E-state index < -0.39 is 0 Å². The molecule has 2 rings (SSSR count). The van der Waals surface area contributed by atoms with Crippen LogP contribution in [0.25, 0.3) is 10.9 Å². The summed E-state index contributed by atoms with van der Waals surface area (Å²) in [5.74, 6) is 0. The maximum absolute atomic E-state index is 9.43. The number of nitrogens with one attached hydrogen (secondary N) is 1. The standard InChI is InChI=1S/C14H18ClN3O/c1-18(2)6-5-16-14-10(9-19)8-17-13-4-3-11(15)7-12(13)14/h3-4,7-8,19H,5-6,9H2,1-2H3,(H,16,17). The third kappa shape index (κ3) is 3.35. The van der Waals surface area contributed by atoms with Crippen molar-refractivity contribution in [3.63, 3.8) is 0 Å². The van der Waals surface area contributed by atoms with Crippen LogP contribution in [0.15, 0.2) is 24.4 Å². The zero-order valence-corrected chi connectivity index (χ0v) is 11.9. The molecule has 0 unspecified atom stereocenters. The predicted octanol–water partition coefficient (Wildman–Crippen LogP) is 2.35. The van der Waals surface area contributed by atoms with Gasteiger partial charge in [0.2, 0.25) is 0 Å². The highest BCUT2D eigenvalue weighted by Crippen LogP contribution is 2.28. The first-order chi connectivity index (χ1) is 9.11. The molecule has 1 aromatic heterocycles. The lowest BCUT2D eigenvalue weighted by molar-refractivity contribution is 0.282. The van der Waals surface area contributed by atoms with E-state index in [-0.39, 0.29) is 6.61 Å². The van der Waals surface area contributed by atoms with Gasteiger partial charge in [-0.05, 0) is 32.3 Å². The van der Waals surface area contributed by atoms with Gasteiger partial charge in [0.15, 0.2) is 0 Å². The van der Waals surface area contributed by atoms with Crippen molar-refractivity contribution in [2.45, 2.75) is 6.61 Å². The quantitative estimate of drug-likeness (QED) is 0.882. The molecule has 0 aliphatic heterocycles. The van der Waals surface area contributed by atoms with Crippen molar-refractivity contribution in [2.24, 2.45) is 0 Å². The van der Waals surface area contributed by atoms with Crippen LogP contribution in [-0.2, 0) is 6.61 Å². The van der Waals surface area contributed by atoms with Gasteiger partial charge in [0, 0.05) is 35.3 Å². The van der Waals surface area contributed by atoms with Crippen LogP contribution in [0.1, 0.15) is 5.56 Å². The fourth-order valence-electron chi connectivity index (χ4n) is 1.94. The number of benzene rings is 1. The zero-order valence-electron chi connectivity index (χ0n) is 11.2. The number of pyridine rings is 1. The van der Waals surface area contributed by atoms with E-state index in [2.05, 4.69) is 15.2 Å². The van der Waals surface area contributed by atoms with Gasteiger partial charge in [-0.3, -0.25) is 4.98 Å². The Labute approximate surface area is 118 Å². The van der Waals surface area contributed by atoms with Crippen molar-refractivity contribution in [3.8, 4) is 0 Å². The molecule has 0 saturated heterocycles. The number of aromatic nitrogens is 1. The summed E-state index contributed by atoms with van der Waals surface area (Å²) in [5, 5.41) is 14.4. The normalized spacial score (nSPS) is 11.2. The molecule has 19 heavy (non-hydrogen) atoms. The van der Waals surface area contributed by atoms with Crippen molar-refractivity contribution >= 4 is 28.2 Å². The third-order valence-electron chi connectivity index (χ3n) is 2.94. The minimum absolute atomic E-state index is 0.0419. The molecule has 5 heteroatoms. The van der Waals surface area contributed by atoms with Crippen LogP contribution < -0.4 is 5.32 Å². The lowest BCUT2D eigenvalue weighted by Gasteiger charge is -2.15. The second-order valence-electron chi connectivity index (χ2n) is 4.71. The number of fused-ring (bicyclic) bond motifs is 1. The van der Waals surface area contributed by atoms with Crippen molar-refractivity contribution in [3.05, 3.63) is 35.0 Å². The largest absolute Gasteiger partial charge is 0.392 e. The Balaban J connectivity index is 2.39. The van der Waals surface area contributed by atoms with Gasteiger partial charge in [0.1, 0.15) is 0 Å². The van der Waals surface area contributed by atoms with Crippen LogP contribution >= 0.6 is 11.6 Å². The lowest BCUT2D eigenvalue weighted by Crippen LogP contribution is -2.21. The Kier molecular flexibility index (Phi) is 4.58. The molecule has 0 radical (unpaired) electrons. The molecule has 0 amide bonds. The number of hydrogen-bond acceptors (Lipinski definition) is 4. The Bertz CT molecular complexity index is 572. The van der Waals surface area contributed by atoms with Crippen LogP contribution in [0.5, 0.6) is 0 Å². The van der Waals surface area contributed by atoms with Gasteiger partial charge < -0.3 is 15.3 Å². The minimum atomic E-state index is -0.0419. The van der Waals surface area contributed by atoms with Crippen molar-refractivity contribution in [1.29, 1.82) is 0 Å². The average molecular weight is 280 g/mol. The summed E-state index contributed by atoms with van der Waals surface area (Å²) in [4.78, 5) is 6.43. The smallest absolute Gasteiger partial charge is 0.0724 e. The molecular weight excluding hydrogens is 262 g/mol. The summed E-state index contributed by atoms with van der Waals surface area (Å²) in [5.41, 5.74) is 2.57. The zero-order chi connectivity index (χ0) is 13.8. The first-order valence-electron chi connectivity index (χ1n) is 6.18. The lowest BCUT2D eigenvalue weighted by atomic mass is 10.1. The Morgan fingerprint density at radius 1 is 1.37 bits per heavy atom. The molecule has 102 valence electrons. The molecule has 0 fully saturated rings. The van der Waals surface area contributed by atoms with Crippen molar-refractivity contribution in [1.82, 2.24) is 9.88 Å². The highest BCUT2D eigenvalue weighted by Gasteiger charge is 2.08. The SMILES string of the molecule is CN(C)CCNc1c(CO)cnc2ccc(Cl)cc12.